The highest BCUT2D eigenvalue weighted by Crippen LogP contribution is 2.28. The van der Waals surface area contributed by atoms with E-state index in [1.165, 1.54) is 15.4 Å². The van der Waals surface area contributed by atoms with Crippen molar-refractivity contribution in [1.82, 2.24) is 10.3 Å². The summed E-state index contributed by atoms with van der Waals surface area (Å²) in [6.07, 6.45) is 0.889. The smallest absolute Gasteiger partial charge is 0.0949 e. The van der Waals surface area contributed by atoms with Crippen LogP contribution in [0, 0.1) is 13.8 Å². The molecule has 0 amide bonds. The zero-order valence-electron chi connectivity index (χ0n) is 11.8. The maximum Gasteiger partial charge on any atom is 0.0949 e. The summed E-state index contributed by atoms with van der Waals surface area (Å²) in [6, 6.07) is 6.28. The van der Waals surface area contributed by atoms with Gasteiger partial charge in [0.05, 0.1) is 10.7 Å². The molecule has 0 saturated heterocycles. The van der Waals surface area contributed by atoms with Crippen molar-refractivity contribution in [1.29, 1.82) is 0 Å². The van der Waals surface area contributed by atoms with Gasteiger partial charge in [-0.2, -0.15) is 0 Å². The fourth-order valence-electron chi connectivity index (χ4n) is 2.13. The second-order valence-electron chi connectivity index (χ2n) is 4.77. The van der Waals surface area contributed by atoms with Crippen LogP contribution < -0.4 is 5.32 Å². The van der Waals surface area contributed by atoms with Crippen LogP contribution >= 0.6 is 38.9 Å². The van der Waals surface area contributed by atoms with Gasteiger partial charge in [-0.15, -0.1) is 11.3 Å². The predicted octanol–water partition coefficient (Wildman–Crippen LogP) is 5.07. The first-order chi connectivity index (χ1) is 9.49. The van der Waals surface area contributed by atoms with Gasteiger partial charge in [0.15, 0.2) is 0 Å². The Hall–Kier alpha value is -0.420. The van der Waals surface area contributed by atoms with E-state index in [0.29, 0.717) is 0 Å². The third-order valence-electron chi connectivity index (χ3n) is 3.19. The van der Waals surface area contributed by atoms with Crippen LogP contribution in [0.2, 0.25) is 5.02 Å². The fraction of sp³-hybridized carbons (Fsp3) is 0.400. The van der Waals surface area contributed by atoms with Gasteiger partial charge in [0.2, 0.25) is 0 Å². The van der Waals surface area contributed by atoms with Crippen molar-refractivity contribution in [3.8, 4) is 0 Å². The molecule has 0 fully saturated rings. The molecule has 0 bridgehead atoms. The average Bonchev–Trinajstić information content (AvgIpc) is 2.66. The quantitative estimate of drug-likeness (QED) is 0.791. The maximum atomic E-state index is 6.16. The van der Waals surface area contributed by atoms with Crippen LogP contribution in [0.15, 0.2) is 22.7 Å². The summed E-state index contributed by atoms with van der Waals surface area (Å²) in [4.78, 5) is 5.93. The Bertz CT molecular complexity index is 558. The lowest BCUT2D eigenvalue weighted by Gasteiger charge is -2.18. The lowest BCUT2D eigenvalue weighted by molar-refractivity contribution is 0.548. The van der Waals surface area contributed by atoms with Gasteiger partial charge < -0.3 is 5.32 Å². The zero-order valence-corrected chi connectivity index (χ0v) is 15.0. The first-order valence-electron chi connectivity index (χ1n) is 6.62. The number of nitrogens with zero attached hydrogens (tertiary/aromatic N) is 1. The van der Waals surface area contributed by atoms with Gasteiger partial charge in [0.25, 0.3) is 0 Å². The number of nitrogens with one attached hydrogen (secondary N) is 1. The number of aryl methyl sites for hydroxylation is 2. The summed E-state index contributed by atoms with van der Waals surface area (Å²) in [7, 11) is 0. The highest BCUT2D eigenvalue weighted by atomic mass is 79.9. The van der Waals surface area contributed by atoms with Crippen LogP contribution in [0.3, 0.4) is 0 Å². The average molecular weight is 374 g/mol. The minimum Gasteiger partial charge on any atom is -0.310 e. The summed E-state index contributed by atoms with van der Waals surface area (Å²) in [5.41, 5.74) is 2.32. The Kier molecular flexibility index (Phi) is 5.61. The van der Waals surface area contributed by atoms with Crippen molar-refractivity contribution < 1.29 is 0 Å². The Labute approximate surface area is 137 Å². The molecule has 1 heterocycles. The summed E-state index contributed by atoms with van der Waals surface area (Å²) < 4.78 is 1.01. The number of benzene rings is 1. The molecular formula is C15H18BrClN2S. The molecule has 0 saturated carbocycles. The number of hydrogen-bond acceptors (Lipinski definition) is 3. The van der Waals surface area contributed by atoms with Crippen molar-refractivity contribution in [2.24, 2.45) is 0 Å². The monoisotopic (exact) mass is 372 g/mol. The molecule has 0 aliphatic heterocycles. The topological polar surface area (TPSA) is 24.9 Å². The molecule has 1 atom stereocenters. The molecule has 5 heteroatoms. The number of halogens is 2. The highest BCUT2D eigenvalue weighted by Gasteiger charge is 2.15. The van der Waals surface area contributed by atoms with E-state index >= 15 is 0 Å². The number of likely N-dealkylation sites (N-methyl/N-ethyl adjacent to an activating group) is 1. The first kappa shape index (κ1) is 16.0. The molecule has 1 aromatic heterocycles. The van der Waals surface area contributed by atoms with E-state index in [-0.39, 0.29) is 6.04 Å². The molecule has 0 aliphatic carbocycles. The van der Waals surface area contributed by atoms with Crippen molar-refractivity contribution in [2.45, 2.75) is 33.2 Å². The van der Waals surface area contributed by atoms with E-state index in [2.05, 4.69) is 53.1 Å². The standard InChI is InChI=1S/C15H18BrClN2S/c1-4-18-14(8-15-19-9(2)10(3)20-15)11-5-12(16)7-13(17)6-11/h5-7,14,18H,4,8H2,1-3H3. The van der Waals surface area contributed by atoms with Crippen molar-refractivity contribution >= 4 is 38.9 Å². The summed E-state index contributed by atoms with van der Waals surface area (Å²) in [5, 5.41) is 5.44. The Morgan fingerprint density at radius 3 is 2.65 bits per heavy atom. The first-order valence-corrected chi connectivity index (χ1v) is 8.60. The lowest BCUT2D eigenvalue weighted by atomic mass is 10.0. The van der Waals surface area contributed by atoms with Crippen LogP contribution in [-0.2, 0) is 6.42 Å². The second-order valence-corrected chi connectivity index (χ2v) is 7.41. The number of hydrogen-bond donors (Lipinski definition) is 1. The van der Waals surface area contributed by atoms with Crippen molar-refractivity contribution in [3.05, 3.63) is 48.8 Å². The van der Waals surface area contributed by atoms with E-state index in [1.807, 2.05) is 12.1 Å². The molecule has 1 N–H and O–H groups in total. The van der Waals surface area contributed by atoms with Gasteiger partial charge in [-0.1, -0.05) is 34.5 Å². The normalized spacial score (nSPS) is 12.7. The Morgan fingerprint density at radius 2 is 2.10 bits per heavy atom. The molecule has 2 nitrogen and oxygen atoms in total. The third-order valence-corrected chi connectivity index (χ3v) is 4.96. The Balaban J connectivity index is 2.26. The SMILES string of the molecule is CCNC(Cc1nc(C)c(C)s1)c1cc(Cl)cc(Br)c1. The molecule has 0 radical (unpaired) electrons. The van der Waals surface area contributed by atoms with E-state index in [9.17, 15) is 0 Å². The number of aromatic nitrogens is 1. The molecule has 0 aliphatic rings. The Morgan fingerprint density at radius 1 is 1.35 bits per heavy atom. The third kappa shape index (κ3) is 4.04. The number of thiazole rings is 1. The molecule has 0 spiro atoms. The van der Waals surface area contributed by atoms with Gasteiger partial charge in [-0.05, 0) is 44.2 Å². The molecule has 2 rings (SSSR count). The van der Waals surface area contributed by atoms with Gasteiger partial charge in [-0.3, -0.25) is 0 Å². The highest BCUT2D eigenvalue weighted by molar-refractivity contribution is 9.10. The minimum absolute atomic E-state index is 0.236. The predicted molar refractivity (Wildman–Crippen MR) is 90.9 cm³/mol. The molecule has 20 heavy (non-hydrogen) atoms. The van der Waals surface area contributed by atoms with Crippen molar-refractivity contribution in [2.75, 3.05) is 6.54 Å². The van der Waals surface area contributed by atoms with Gasteiger partial charge >= 0.3 is 0 Å². The summed E-state index contributed by atoms with van der Waals surface area (Å²) in [6.45, 7) is 7.21. The van der Waals surface area contributed by atoms with Crippen LogP contribution in [0.5, 0.6) is 0 Å². The van der Waals surface area contributed by atoms with Crippen LogP contribution in [0.25, 0.3) is 0 Å². The van der Waals surface area contributed by atoms with Crippen LogP contribution in [0.1, 0.15) is 34.1 Å². The van der Waals surface area contributed by atoms with E-state index < -0.39 is 0 Å². The van der Waals surface area contributed by atoms with Crippen molar-refractivity contribution in [3.63, 3.8) is 0 Å². The lowest BCUT2D eigenvalue weighted by Crippen LogP contribution is -2.23. The molecular weight excluding hydrogens is 356 g/mol. The van der Waals surface area contributed by atoms with Crippen LogP contribution in [0.4, 0.5) is 0 Å². The van der Waals surface area contributed by atoms with Gasteiger partial charge in [0.1, 0.15) is 0 Å². The second kappa shape index (κ2) is 7.03. The largest absolute Gasteiger partial charge is 0.310 e. The van der Waals surface area contributed by atoms with E-state index in [0.717, 1.165) is 28.2 Å². The number of rotatable bonds is 5. The fourth-order valence-corrected chi connectivity index (χ4v) is 4.00. The molecule has 1 unspecified atom stereocenters. The van der Waals surface area contributed by atoms with E-state index in [1.54, 1.807) is 11.3 Å². The minimum atomic E-state index is 0.236. The molecule has 108 valence electrons. The maximum absolute atomic E-state index is 6.16. The molecule has 2 aromatic rings. The van der Waals surface area contributed by atoms with Crippen LogP contribution in [-0.4, -0.2) is 11.5 Å². The summed E-state index contributed by atoms with van der Waals surface area (Å²) in [5.74, 6) is 0. The molecule has 1 aromatic carbocycles. The van der Waals surface area contributed by atoms with Gasteiger partial charge in [-0.25, -0.2) is 4.98 Å². The zero-order chi connectivity index (χ0) is 14.7. The summed E-state index contributed by atoms with van der Waals surface area (Å²) >= 11 is 11.4. The van der Waals surface area contributed by atoms with E-state index in [4.69, 9.17) is 11.6 Å². The van der Waals surface area contributed by atoms with Gasteiger partial charge in [0, 0.05) is 26.8 Å².